The Morgan fingerprint density at radius 3 is 2.81 bits per heavy atom. The lowest BCUT2D eigenvalue weighted by Gasteiger charge is -2.56. The lowest BCUT2D eigenvalue weighted by Crippen LogP contribution is -2.65. The van der Waals surface area contributed by atoms with E-state index in [1.54, 1.807) is 6.33 Å². The number of hydrogen-bond acceptors (Lipinski definition) is 3. The summed E-state index contributed by atoms with van der Waals surface area (Å²) in [6.45, 7) is 3.11. The Morgan fingerprint density at radius 2 is 2.00 bits per heavy atom. The van der Waals surface area contributed by atoms with Gasteiger partial charge in [-0.05, 0) is 43.1 Å². The standard InChI is InChI=1S/C22H28N4O/c27-22-8-4-7-20-17-10-18(13-25(12-17)14-19-11-23-15-24-19)21(26(20)22)9-16-5-2-1-3-6-16/h1-3,5-6,11,15,17-18,20-21H,4,7-10,12-14H2,(H,23,24)/t17-,18+,20+,21+/m1/s1. The molecule has 1 aromatic heterocycles. The molecule has 5 heteroatoms. The first-order valence-corrected chi connectivity index (χ1v) is 10.3. The van der Waals surface area contributed by atoms with Crippen LogP contribution < -0.4 is 0 Å². The number of rotatable bonds is 4. The third kappa shape index (κ3) is 3.29. The Kier molecular flexibility index (Phi) is 4.48. The van der Waals surface area contributed by atoms with Gasteiger partial charge in [-0.25, -0.2) is 4.98 Å². The smallest absolute Gasteiger partial charge is 0.223 e. The number of aromatic nitrogens is 2. The summed E-state index contributed by atoms with van der Waals surface area (Å²) in [6, 6.07) is 11.5. The first-order chi connectivity index (χ1) is 13.3. The summed E-state index contributed by atoms with van der Waals surface area (Å²) in [4.78, 5) is 25.2. The second kappa shape index (κ2) is 7.12. The van der Waals surface area contributed by atoms with E-state index in [4.69, 9.17) is 0 Å². The topological polar surface area (TPSA) is 52.2 Å². The van der Waals surface area contributed by atoms with Gasteiger partial charge in [0.15, 0.2) is 0 Å². The second-order valence-electron chi connectivity index (χ2n) is 8.54. The summed E-state index contributed by atoms with van der Waals surface area (Å²) in [5.74, 6) is 1.57. The summed E-state index contributed by atoms with van der Waals surface area (Å²) >= 11 is 0. The summed E-state index contributed by atoms with van der Waals surface area (Å²) < 4.78 is 0. The fourth-order valence-electron chi connectivity index (χ4n) is 5.73. The third-order valence-corrected chi connectivity index (χ3v) is 6.81. The number of carbonyl (C=O) groups is 1. The Balaban J connectivity index is 1.41. The molecule has 5 nitrogen and oxygen atoms in total. The zero-order valence-corrected chi connectivity index (χ0v) is 15.8. The number of benzene rings is 1. The van der Waals surface area contributed by atoms with E-state index in [1.807, 2.05) is 6.20 Å². The van der Waals surface area contributed by atoms with E-state index in [9.17, 15) is 4.79 Å². The van der Waals surface area contributed by atoms with Crippen LogP contribution >= 0.6 is 0 Å². The molecule has 4 atom stereocenters. The van der Waals surface area contributed by atoms with Gasteiger partial charge in [-0.2, -0.15) is 0 Å². The number of nitrogens with zero attached hydrogens (tertiary/aromatic N) is 3. The van der Waals surface area contributed by atoms with Crippen LogP contribution in [0.5, 0.6) is 0 Å². The van der Waals surface area contributed by atoms with Crippen LogP contribution in [0.15, 0.2) is 42.9 Å². The van der Waals surface area contributed by atoms with E-state index in [0.29, 0.717) is 29.8 Å². The number of piperidine rings is 3. The zero-order valence-electron chi connectivity index (χ0n) is 15.8. The van der Waals surface area contributed by atoms with Crippen molar-refractivity contribution in [1.82, 2.24) is 19.8 Å². The first kappa shape index (κ1) is 17.0. The second-order valence-corrected chi connectivity index (χ2v) is 8.54. The number of fused-ring (bicyclic) bond motifs is 4. The number of aromatic amines is 1. The van der Waals surface area contributed by atoms with Crippen molar-refractivity contribution in [3.05, 3.63) is 54.1 Å². The van der Waals surface area contributed by atoms with E-state index < -0.39 is 0 Å². The highest BCUT2D eigenvalue weighted by Gasteiger charge is 2.49. The number of imidazole rings is 1. The van der Waals surface area contributed by atoms with Gasteiger partial charge in [-0.3, -0.25) is 9.69 Å². The Bertz CT molecular complexity index is 775. The molecule has 5 rings (SSSR count). The maximum Gasteiger partial charge on any atom is 0.223 e. The van der Waals surface area contributed by atoms with Crippen molar-refractivity contribution in [3.8, 4) is 0 Å². The normalized spacial score (nSPS) is 31.0. The van der Waals surface area contributed by atoms with Crippen LogP contribution in [0.2, 0.25) is 0 Å². The van der Waals surface area contributed by atoms with E-state index in [0.717, 1.165) is 38.9 Å². The molecule has 0 spiro atoms. The largest absolute Gasteiger partial charge is 0.347 e. The molecule has 1 N–H and O–H groups in total. The van der Waals surface area contributed by atoms with E-state index in [-0.39, 0.29) is 0 Å². The van der Waals surface area contributed by atoms with Crippen LogP contribution in [0.25, 0.3) is 0 Å². The van der Waals surface area contributed by atoms with Crippen molar-refractivity contribution < 1.29 is 4.79 Å². The molecule has 3 saturated heterocycles. The van der Waals surface area contributed by atoms with Crippen LogP contribution in [-0.4, -0.2) is 50.8 Å². The summed E-state index contributed by atoms with van der Waals surface area (Å²) in [7, 11) is 0. The zero-order chi connectivity index (χ0) is 18.2. The highest BCUT2D eigenvalue weighted by atomic mass is 16.2. The molecule has 142 valence electrons. The fraction of sp³-hybridized carbons (Fsp3) is 0.545. The molecule has 0 saturated carbocycles. The van der Waals surface area contributed by atoms with Gasteiger partial charge < -0.3 is 9.88 Å². The predicted octanol–water partition coefficient (Wildman–Crippen LogP) is 2.85. The van der Waals surface area contributed by atoms with Crippen LogP contribution in [0.4, 0.5) is 0 Å². The first-order valence-electron chi connectivity index (χ1n) is 10.3. The average Bonchev–Trinajstić information content (AvgIpc) is 3.19. The van der Waals surface area contributed by atoms with Gasteiger partial charge in [0.2, 0.25) is 5.91 Å². The summed E-state index contributed by atoms with van der Waals surface area (Å²) in [5.41, 5.74) is 2.54. The van der Waals surface area contributed by atoms with Gasteiger partial charge in [-0.1, -0.05) is 30.3 Å². The molecule has 0 unspecified atom stereocenters. The molecule has 3 aliphatic rings. The van der Waals surface area contributed by atoms with Crippen LogP contribution in [-0.2, 0) is 17.8 Å². The van der Waals surface area contributed by atoms with Gasteiger partial charge in [-0.15, -0.1) is 0 Å². The SMILES string of the molecule is O=C1CCC[C@H]2[C@@H]3C[C@@H](CN(Cc4cnc[nH]4)C3)[C@H](Cc3ccccc3)N12. The minimum Gasteiger partial charge on any atom is -0.347 e. The maximum absolute atomic E-state index is 12.9. The minimum atomic E-state index is 0.339. The number of amides is 1. The van der Waals surface area contributed by atoms with Gasteiger partial charge in [0.25, 0.3) is 0 Å². The summed E-state index contributed by atoms with van der Waals surface area (Å²) in [5, 5.41) is 0. The van der Waals surface area contributed by atoms with Crippen molar-refractivity contribution in [2.24, 2.45) is 11.8 Å². The molecule has 0 aliphatic carbocycles. The van der Waals surface area contributed by atoms with Gasteiger partial charge in [0.05, 0.1) is 6.33 Å². The molecule has 0 radical (unpaired) electrons. The molecule has 1 amide bonds. The number of hydrogen-bond donors (Lipinski definition) is 1. The molecular formula is C22H28N4O. The van der Waals surface area contributed by atoms with Crippen LogP contribution in [0.3, 0.4) is 0 Å². The van der Waals surface area contributed by atoms with E-state index in [1.165, 1.54) is 24.1 Å². The van der Waals surface area contributed by atoms with Crippen molar-refractivity contribution in [1.29, 1.82) is 0 Å². The lowest BCUT2D eigenvalue weighted by atomic mass is 9.70. The number of carbonyl (C=O) groups excluding carboxylic acids is 1. The Morgan fingerprint density at radius 1 is 1.15 bits per heavy atom. The molecule has 2 aromatic rings. The quantitative estimate of drug-likeness (QED) is 0.908. The highest BCUT2D eigenvalue weighted by Crippen LogP contribution is 2.42. The number of nitrogens with one attached hydrogen (secondary N) is 1. The molecule has 27 heavy (non-hydrogen) atoms. The molecule has 1 aromatic carbocycles. The van der Waals surface area contributed by atoms with Gasteiger partial charge >= 0.3 is 0 Å². The van der Waals surface area contributed by atoms with E-state index in [2.05, 4.69) is 50.1 Å². The predicted molar refractivity (Wildman–Crippen MR) is 104 cm³/mol. The van der Waals surface area contributed by atoms with Crippen molar-refractivity contribution >= 4 is 5.91 Å². The Hall–Kier alpha value is -2.14. The maximum atomic E-state index is 12.9. The minimum absolute atomic E-state index is 0.339. The van der Waals surface area contributed by atoms with Crippen LogP contribution in [0.1, 0.15) is 36.9 Å². The van der Waals surface area contributed by atoms with Crippen LogP contribution in [0, 0.1) is 11.8 Å². The fourth-order valence-corrected chi connectivity index (χ4v) is 5.73. The molecular weight excluding hydrogens is 336 g/mol. The molecule has 2 bridgehead atoms. The van der Waals surface area contributed by atoms with Crippen molar-refractivity contribution in [2.45, 2.75) is 50.7 Å². The molecule has 3 fully saturated rings. The third-order valence-electron chi connectivity index (χ3n) is 6.81. The number of H-pyrrole nitrogens is 1. The van der Waals surface area contributed by atoms with Crippen molar-refractivity contribution in [2.75, 3.05) is 13.1 Å². The molecule has 3 aliphatic heterocycles. The average molecular weight is 364 g/mol. The van der Waals surface area contributed by atoms with E-state index >= 15 is 0 Å². The van der Waals surface area contributed by atoms with Gasteiger partial charge in [0.1, 0.15) is 0 Å². The summed E-state index contributed by atoms with van der Waals surface area (Å²) in [6.07, 6.45) is 8.91. The monoisotopic (exact) mass is 364 g/mol. The molecule has 4 heterocycles. The highest BCUT2D eigenvalue weighted by molar-refractivity contribution is 5.78. The van der Waals surface area contributed by atoms with Gasteiger partial charge in [0, 0.05) is 50.0 Å². The Labute approximate surface area is 160 Å². The van der Waals surface area contributed by atoms with Crippen molar-refractivity contribution in [3.63, 3.8) is 0 Å². The lowest BCUT2D eigenvalue weighted by molar-refractivity contribution is -0.152. The number of likely N-dealkylation sites (tertiary alicyclic amines) is 1.